The molecule has 1 saturated carbocycles. The van der Waals surface area contributed by atoms with E-state index >= 15 is 0 Å². The summed E-state index contributed by atoms with van der Waals surface area (Å²) >= 11 is 0. The molecule has 2 N–H and O–H groups in total. The van der Waals surface area contributed by atoms with Crippen molar-refractivity contribution in [2.75, 3.05) is 5.32 Å². The van der Waals surface area contributed by atoms with E-state index in [4.69, 9.17) is 0 Å². The molecule has 1 aliphatic carbocycles. The smallest absolute Gasteiger partial charge is 0.321 e. The number of amides is 2. The first-order chi connectivity index (χ1) is 12.1. The Bertz CT molecular complexity index is 753. The largest absolute Gasteiger partial charge is 0.618 e. The van der Waals surface area contributed by atoms with Crippen molar-refractivity contribution in [2.24, 2.45) is 0 Å². The molecule has 1 aliphatic rings. The number of carbonyl (C=O) groups is 2. The van der Waals surface area contributed by atoms with Crippen molar-refractivity contribution in [2.45, 2.75) is 38.1 Å². The summed E-state index contributed by atoms with van der Waals surface area (Å²) in [4.78, 5) is 24.4. The molecule has 0 aliphatic heterocycles. The molecule has 1 fully saturated rings. The zero-order chi connectivity index (χ0) is 17.6. The number of carbonyl (C=O) groups excluding carboxylic acids is 2. The predicted molar refractivity (Wildman–Crippen MR) is 94.1 cm³/mol. The highest BCUT2D eigenvalue weighted by Crippen LogP contribution is 2.18. The Morgan fingerprint density at radius 3 is 2.36 bits per heavy atom. The Kier molecular flexibility index (Phi) is 5.28. The summed E-state index contributed by atoms with van der Waals surface area (Å²) in [6, 6.07) is 11.6. The first-order valence-corrected chi connectivity index (χ1v) is 8.54. The Morgan fingerprint density at radius 2 is 1.68 bits per heavy atom. The van der Waals surface area contributed by atoms with Crippen molar-refractivity contribution in [1.29, 1.82) is 0 Å². The summed E-state index contributed by atoms with van der Waals surface area (Å²) in [5.74, 6) is -0.583. The van der Waals surface area contributed by atoms with Crippen LogP contribution in [0.2, 0.25) is 0 Å². The summed E-state index contributed by atoms with van der Waals surface area (Å²) in [6.45, 7) is 0. The standard InChI is InChI=1S/C19H21N3O3/c23-18(20-15-6-2-1-3-7-15)14-9-11-16(12-10-14)21-19(24)17-8-4-5-13-22(17)25/h4-5,8-13,15H,1-3,6-7H2,(H,20,23)(H,21,24). The number of pyridine rings is 1. The quantitative estimate of drug-likeness (QED) is 0.663. The van der Waals surface area contributed by atoms with Crippen LogP contribution in [0.3, 0.4) is 0 Å². The molecule has 0 radical (unpaired) electrons. The van der Waals surface area contributed by atoms with Gasteiger partial charge in [-0.3, -0.25) is 9.59 Å². The Balaban J connectivity index is 1.61. The van der Waals surface area contributed by atoms with Crippen LogP contribution >= 0.6 is 0 Å². The Hall–Kier alpha value is -2.89. The van der Waals surface area contributed by atoms with Gasteiger partial charge in [-0.1, -0.05) is 19.3 Å². The van der Waals surface area contributed by atoms with Gasteiger partial charge in [-0.2, -0.15) is 4.73 Å². The molecule has 2 amide bonds. The first-order valence-electron chi connectivity index (χ1n) is 8.54. The highest BCUT2D eigenvalue weighted by atomic mass is 16.5. The molecule has 6 nitrogen and oxygen atoms in total. The molecule has 0 bridgehead atoms. The maximum absolute atomic E-state index is 12.3. The van der Waals surface area contributed by atoms with Gasteiger partial charge in [-0.15, -0.1) is 0 Å². The monoisotopic (exact) mass is 339 g/mol. The lowest BCUT2D eigenvalue weighted by molar-refractivity contribution is -0.607. The fraction of sp³-hybridized carbons (Fsp3) is 0.316. The second-order valence-corrected chi connectivity index (χ2v) is 6.25. The fourth-order valence-corrected chi connectivity index (χ4v) is 3.02. The lowest BCUT2D eigenvalue weighted by atomic mass is 9.95. The molecule has 25 heavy (non-hydrogen) atoms. The predicted octanol–water partition coefficient (Wildman–Crippen LogP) is 2.63. The molecule has 1 aromatic heterocycles. The second-order valence-electron chi connectivity index (χ2n) is 6.25. The van der Waals surface area contributed by atoms with Crippen LogP contribution in [0.4, 0.5) is 5.69 Å². The van der Waals surface area contributed by atoms with Crippen LogP contribution < -0.4 is 15.4 Å². The average molecular weight is 339 g/mol. The van der Waals surface area contributed by atoms with Crippen molar-refractivity contribution >= 4 is 17.5 Å². The fourth-order valence-electron chi connectivity index (χ4n) is 3.02. The number of hydrogen-bond acceptors (Lipinski definition) is 3. The van der Waals surface area contributed by atoms with Gasteiger partial charge in [-0.05, 0) is 43.2 Å². The van der Waals surface area contributed by atoms with Gasteiger partial charge >= 0.3 is 5.91 Å². The van der Waals surface area contributed by atoms with E-state index in [0.29, 0.717) is 16.0 Å². The van der Waals surface area contributed by atoms with Crippen LogP contribution in [0.15, 0.2) is 48.7 Å². The lowest BCUT2D eigenvalue weighted by Crippen LogP contribution is -2.36. The zero-order valence-electron chi connectivity index (χ0n) is 13.9. The number of nitrogens with zero attached hydrogens (tertiary/aromatic N) is 1. The molecule has 1 heterocycles. The number of aromatic nitrogens is 1. The third-order valence-corrected chi connectivity index (χ3v) is 4.40. The van der Waals surface area contributed by atoms with Gasteiger partial charge in [0, 0.05) is 29.4 Å². The summed E-state index contributed by atoms with van der Waals surface area (Å²) in [5, 5.41) is 17.3. The number of hydrogen-bond donors (Lipinski definition) is 2. The summed E-state index contributed by atoms with van der Waals surface area (Å²) in [5.41, 5.74) is 1.10. The van der Waals surface area contributed by atoms with Crippen LogP contribution in [0.25, 0.3) is 0 Å². The van der Waals surface area contributed by atoms with Gasteiger partial charge in [0.05, 0.1) is 0 Å². The number of anilines is 1. The highest BCUT2D eigenvalue weighted by Gasteiger charge is 2.17. The minimum absolute atomic E-state index is 0.0154. The zero-order valence-corrected chi connectivity index (χ0v) is 13.9. The van der Waals surface area contributed by atoms with Crippen molar-refractivity contribution < 1.29 is 14.3 Å². The van der Waals surface area contributed by atoms with E-state index in [1.165, 1.54) is 18.7 Å². The average Bonchev–Trinajstić information content (AvgIpc) is 2.63. The molecule has 2 aromatic rings. The molecular formula is C19H21N3O3. The van der Waals surface area contributed by atoms with Gasteiger partial charge in [0.1, 0.15) is 0 Å². The van der Waals surface area contributed by atoms with E-state index in [0.717, 1.165) is 25.7 Å². The molecule has 0 saturated heterocycles. The van der Waals surface area contributed by atoms with Crippen LogP contribution in [0.5, 0.6) is 0 Å². The van der Waals surface area contributed by atoms with E-state index in [2.05, 4.69) is 10.6 Å². The number of benzene rings is 1. The van der Waals surface area contributed by atoms with Gasteiger partial charge in [0.15, 0.2) is 6.20 Å². The Morgan fingerprint density at radius 1 is 0.960 bits per heavy atom. The van der Waals surface area contributed by atoms with E-state index < -0.39 is 5.91 Å². The van der Waals surface area contributed by atoms with Crippen LogP contribution in [0, 0.1) is 5.21 Å². The molecule has 0 spiro atoms. The normalized spacial score (nSPS) is 14.7. The van der Waals surface area contributed by atoms with Crippen molar-refractivity contribution in [3.05, 3.63) is 65.1 Å². The minimum atomic E-state index is -0.491. The van der Waals surface area contributed by atoms with Gasteiger partial charge in [-0.25, -0.2) is 0 Å². The maximum atomic E-state index is 12.3. The van der Waals surface area contributed by atoms with Crippen molar-refractivity contribution in [3.8, 4) is 0 Å². The summed E-state index contributed by atoms with van der Waals surface area (Å²) in [6.07, 6.45) is 6.90. The van der Waals surface area contributed by atoms with Crippen molar-refractivity contribution in [1.82, 2.24) is 5.32 Å². The molecule has 0 atom stereocenters. The summed E-state index contributed by atoms with van der Waals surface area (Å²) in [7, 11) is 0. The first kappa shape index (κ1) is 17.0. The highest BCUT2D eigenvalue weighted by molar-refractivity contribution is 6.02. The number of rotatable bonds is 4. The third-order valence-electron chi connectivity index (χ3n) is 4.40. The molecule has 130 valence electrons. The third kappa shape index (κ3) is 4.35. The number of nitrogens with one attached hydrogen (secondary N) is 2. The molecule has 6 heteroatoms. The van der Waals surface area contributed by atoms with Crippen LogP contribution in [0.1, 0.15) is 53.0 Å². The van der Waals surface area contributed by atoms with E-state index in [9.17, 15) is 14.8 Å². The van der Waals surface area contributed by atoms with Crippen LogP contribution in [-0.2, 0) is 0 Å². The topological polar surface area (TPSA) is 85.1 Å². The van der Waals surface area contributed by atoms with E-state index in [1.54, 1.807) is 36.4 Å². The molecule has 3 rings (SSSR count). The van der Waals surface area contributed by atoms with E-state index in [-0.39, 0.29) is 17.6 Å². The molecular weight excluding hydrogens is 318 g/mol. The SMILES string of the molecule is O=C(NC1CCCCC1)c1ccc(NC(=O)c2cccc[n+]2[O-])cc1. The summed E-state index contributed by atoms with van der Waals surface area (Å²) < 4.78 is 0.515. The Labute approximate surface area is 146 Å². The lowest BCUT2D eigenvalue weighted by Gasteiger charge is -2.22. The molecule has 0 unspecified atom stereocenters. The van der Waals surface area contributed by atoms with Gasteiger partial charge in [0.25, 0.3) is 11.6 Å². The van der Waals surface area contributed by atoms with Crippen molar-refractivity contribution in [3.63, 3.8) is 0 Å². The minimum Gasteiger partial charge on any atom is -0.618 e. The van der Waals surface area contributed by atoms with Crippen LogP contribution in [-0.4, -0.2) is 17.9 Å². The second kappa shape index (κ2) is 7.79. The molecule has 1 aromatic carbocycles. The van der Waals surface area contributed by atoms with Gasteiger partial charge < -0.3 is 15.8 Å². The van der Waals surface area contributed by atoms with E-state index in [1.807, 2.05) is 0 Å². The maximum Gasteiger partial charge on any atom is 0.321 e. The van der Waals surface area contributed by atoms with Gasteiger partial charge in [0.2, 0.25) is 0 Å².